The lowest BCUT2D eigenvalue weighted by atomic mass is 10.2. The standard InChI is InChI=1S/C11H19NO3/c1-5-6-12-9-10(13)14-7-8-15-11(2,3)4/h1,12H,6-9H2,2-4H3. The van der Waals surface area contributed by atoms with Crippen LogP contribution in [0.5, 0.6) is 0 Å². The Balaban J connectivity index is 3.36. The number of carbonyl (C=O) groups is 1. The second-order valence-electron chi connectivity index (χ2n) is 3.99. The first kappa shape index (κ1) is 13.9. The minimum atomic E-state index is -0.317. The Kier molecular flexibility index (Phi) is 6.76. The van der Waals surface area contributed by atoms with Gasteiger partial charge in [0.2, 0.25) is 0 Å². The molecule has 0 aliphatic carbocycles. The summed E-state index contributed by atoms with van der Waals surface area (Å²) in [7, 11) is 0. The Hall–Kier alpha value is -1.05. The fourth-order valence-electron chi connectivity index (χ4n) is 0.791. The van der Waals surface area contributed by atoms with Crippen molar-refractivity contribution in [1.82, 2.24) is 5.32 Å². The van der Waals surface area contributed by atoms with Crippen molar-refractivity contribution in [3.8, 4) is 12.3 Å². The highest BCUT2D eigenvalue weighted by Crippen LogP contribution is 2.05. The SMILES string of the molecule is C#CCNCC(=O)OCCOC(C)(C)C. The summed E-state index contributed by atoms with van der Waals surface area (Å²) in [5.74, 6) is 2.05. The predicted octanol–water partition coefficient (Wildman–Crippen LogP) is 0.567. The van der Waals surface area contributed by atoms with Crippen molar-refractivity contribution >= 4 is 5.97 Å². The minimum Gasteiger partial charge on any atom is -0.462 e. The molecule has 0 aromatic rings. The van der Waals surface area contributed by atoms with E-state index in [9.17, 15) is 4.79 Å². The third-order valence-electron chi connectivity index (χ3n) is 1.38. The van der Waals surface area contributed by atoms with Gasteiger partial charge in [0.05, 0.1) is 25.3 Å². The molecule has 0 aromatic carbocycles. The van der Waals surface area contributed by atoms with Crippen LogP contribution >= 0.6 is 0 Å². The van der Waals surface area contributed by atoms with Gasteiger partial charge in [0.1, 0.15) is 6.61 Å². The number of hydrogen-bond acceptors (Lipinski definition) is 4. The molecule has 0 unspecified atom stereocenters. The Labute approximate surface area is 91.3 Å². The molecule has 15 heavy (non-hydrogen) atoms. The normalized spacial score (nSPS) is 10.8. The molecule has 0 amide bonds. The van der Waals surface area contributed by atoms with E-state index in [-0.39, 0.29) is 24.7 Å². The molecule has 0 saturated carbocycles. The lowest BCUT2D eigenvalue weighted by Gasteiger charge is -2.19. The average molecular weight is 213 g/mol. The van der Waals surface area contributed by atoms with E-state index in [0.717, 1.165) is 0 Å². The van der Waals surface area contributed by atoms with Crippen LogP contribution in [-0.4, -0.2) is 37.9 Å². The summed E-state index contributed by atoms with van der Waals surface area (Å²) in [6.45, 7) is 7.03. The molecule has 0 aromatic heterocycles. The molecule has 0 aliphatic rings. The maximum absolute atomic E-state index is 11.0. The van der Waals surface area contributed by atoms with Crippen molar-refractivity contribution in [3.63, 3.8) is 0 Å². The molecular formula is C11H19NO3. The Bertz CT molecular complexity index is 225. The smallest absolute Gasteiger partial charge is 0.320 e. The third kappa shape index (κ3) is 10.9. The highest BCUT2D eigenvalue weighted by atomic mass is 16.6. The van der Waals surface area contributed by atoms with Gasteiger partial charge in [-0.1, -0.05) is 5.92 Å². The van der Waals surface area contributed by atoms with E-state index >= 15 is 0 Å². The van der Waals surface area contributed by atoms with Crippen LogP contribution in [0.15, 0.2) is 0 Å². The van der Waals surface area contributed by atoms with Gasteiger partial charge in [0.25, 0.3) is 0 Å². The van der Waals surface area contributed by atoms with Crippen molar-refractivity contribution in [2.24, 2.45) is 0 Å². The molecule has 0 atom stereocenters. The number of rotatable bonds is 6. The molecule has 0 saturated heterocycles. The van der Waals surface area contributed by atoms with Crippen LogP contribution in [0.25, 0.3) is 0 Å². The van der Waals surface area contributed by atoms with Gasteiger partial charge in [0.15, 0.2) is 0 Å². The Morgan fingerprint density at radius 3 is 2.60 bits per heavy atom. The van der Waals surface area contributed by atoms with Gasteiger partial charge in [-0.2, -0.15) is 0 Å². The van der Waals surface area contributed by atoms with Crippen LogP contribution < -0.4 is 5.32 Å². The van der Waals surface area contributed by atoms with Crippen molar-refractivity contribution in [1.29, 1.82) is 0 Å². The first-order chi connectivity index (χ1) is 6.95. The summed E-state index contributed by atoms with van der Waals surface area (Å²) >= 11 is 0. The van der Waals surface area contributed by atoms with Gasteiger partial charge in [-0.05, 0) is 20.8 Å². The number of nitrogens with one attached hydrogen (secondary N) is 1. The van der Waals surface area contributed by atoms with Gasteiger partial charge >= 0.3 is 5.97 Å². The molecule has 0 bridgehead atoms. The van der Waals surface area contributed by atoms with Crippen LogP contribution in [0.3, 0.4) is 0 Å². The van der Waals surface area contributed by atoms with Crippen LogP contribution in [0.4, 0.5) is 0 Å². The molecule has 0 aliphatic heterocycles. The number of carbonyl (C=O) groups excluding carboxylic acids is 1. The van der Waals surface area contributed by atoms with Crippen LogP contribution in [0.1, 0.15) is 20.8 Å². The zero-order valence-corrected chi connectivity index (χ0v) is 9.63. The number of ether oxygens (including phenoxy) is 2. The van der Waals surface area contributed by atoms with Crippen LogP contribution in [0.2, 0.25) is 0 Å². The van der Waals surface area contributed by atoms with E-state index in [1.807, 2.05) is 20.8 Å². The zero-order chi connectivity index (χ0) is 11.7. The molecule has 0 rings (SSSR count). The third-order valence-corrected chi connectivity index (χ3v) is 1.38. The summed E-state index contributed by atoms with van der Waals surface area (Å²) in [5.41, 5.74) is -0.200. The van der Waals surface area contributed by atoms with Crippen molar-refractivity contribution in [2.45, 2.75) is 26.4 Å². The number of hydrogen-bond donors (Lipinski definition) is 1. The summed E-state index contributed by atoms with van der Waals surface area (Å²) < 4.78 is 10.3. The summed E-state index contributed by atoms with van der Waals surface area (Å²) in [5, 5.41) is 2.74. The molecular weight excluding hydrogens is 194 g/mol. The van der Waals surface area contributed by atoms with Gasteiger partial charge in [-0.25, -0.2) is 0 Å². The van der Waals surface area contributed by atoms with E-state index in [2.05, 4.69) is 11.2 Å². The van der Waals surface area contributed by atoms with Crippen molar-refractivity contribution in [2.75, 3.05) is 26.3 Å². The molecule has 4 nitrogen and oxygen atoms in total. The van der Waals surface area contributed by atoms with E-state index in [4.69, 9.17) is 15.9 Å². The zero-order valence-electron chi connectivity index (χ0n) is 9.63. The predicted molar refractivity (Wildman–Crippen MR) is 58.4 cm³/mol. The van der Waals surface area contributed by atoms with E-state index < -0.39 is 0 Å². The maximum Gasteiger partial charge on any atom is 0.320 e. The second kappa shape index (κ2) is 7.27. The Morgan fingerprint density at radius 1 is 1.40 bits per heavy atom. The Morgan fingerprint density at radius 2 is 2.07 bits per heavy atom. The highest BCUT2D eigenvalue weighted by Gasteiger charge is 2.09. The molecule has 1 N–H and O–H groups in total. The van der Waals surface area contributed by atoms with Gasteiger partial charge < -0.3 is 9.47 Å². The first-order valence-corrected chi connectivity index (χ1v) is 4.89. The lowest BCUT2D eigenvalue weighted by molar-refractivity contribution is -0.145. The monoisotopic (exact) mass is 213 g/mol. The molecule has 0 spiro atoms. The van der Waals surface area contributed by atoms with E-state index in [1.165, 1.54) is 0 Å². The van der Waals surface area contributed by atoms with Crippen LogP contribution in [-0.2, 0) is 14.3 Å². The summed E-state index contributed by atoms with van der Waals surface area (Å²) in [6.07, 6.45) is 5.00. The fourth-order valence-corrected chi connectivity index (χ4v) is 0.791. The molecule has 86 valence electrons. The maximum atomic E-state index is 11.0. The lowest BCUT2D eigenvalue weighted by Crippen LogP contribution is -2.27. The van der Waals surface area contributed by atoms with Crippen molar-refractivity contribution in [3.05, 3.63) is 0 Å². The van der Waals surface area contributed by atoms with Gasteiger partial charge in [-0.3, -0.25) is 10.1 Å². The first-order valence-electron chi connectivity index (χ1n) is 4.89. The van der Waals surface area contributed by atoms with Gasteiger partial charge in [-0.15, -0.1) is 6.42 Å². The minimum absolute atomic E-state index is 0.139. The number of esters is 1. The topological polar surface area (TPSA) is 47.6 Å². The molecule has 4 heteroatoms. The van der Waals surface area contributed by atoms with Gasteiger partial charge in [0, 0.05) is 0 Å². The number of terminal acetylenes is 1. The largest absolute Gasteiger partial charge is 0.462 e. The van der Waals surface area contributed by atoms with Crippen molar-refractivity contribution < 1.29 is 14.3 Å². The summed E-state index contributed by atoms with van der Waals surface area (Å²) in [4.78, 5) is 11.0. The molecule has 0 fully saturated rings. The van der Waals surface area contributed by atoms with E-state index in [0.29, 0.717) is 13.2 Å². The quantitative estimate of drug-likeness (QED) is 0.398. The molecule has 0 heterocycles. The van der Waals surface area contributed by atoms with Crippen LogP contribution in [0, 0.1) is 12.3 Å². The average Bonchev–Trinajstić information content (AvgIpc) is 2.11. The fraction of sp³-hybridized carbons (Fsp3) is 0.727. The highest BCUT2D eigenvalue weighted by molar-refractivity contribution is 5.71. The van der Waals surface area contributed by atoms with E-state index in [1.54, 1.807) is 0 Å². The summed E-state index contributed by atoms with van der Waals surface area (Å²) in [6, 6.07) is 0. The molecule has 0 radical (unpaired) electrons. The second-order valence-corrected chi connectivity index (χ2v) is 3.99.